The molecule has 5 nitrogen and oxygen atoms in total. The first-order chi connectivity index (χ1) is 14.7. The molecule has 2 N–H and O–H groups in total. The van der Waals surface area contributed by atoms with Crippen molar-refractivity contribution in [1.82, 2.24) is 10.2 Å². The van der Waals surface area contributed by atoms with E-state index >= 15 is 0 Å². The van der Waals surface area contributed by atoms with E-state index in [2.05, 4.69) is 33.0 Å². The van der Waals surface area contributed by atoms with Crippen LogP contribution in [0.15, 0.2) is 78.9 Å². The summed E-state index contributed by atoms with van der Waals surface area (Å²) in [6.45, 7) is 2.81. The first-order valence-corrected chi connectivity index (χ1v) is 10.6. The van der Waals surface area contributed by atoms with Crippen molar-refractivity contribution in [3.05, 3.63) is 95.6 Å². The van der Waals surface area contributed by atoms with Gasteiger partial charge in [0.05, 0.1) is 0 Å². The van der Waals surface area contributed by atoms with Gasteiger partial charge in [0.2, 0.25) is 5.13 Å². The number of aryl methyl sites for hydroxylation is 1. The van der Waals surface area contributed by atoms with Crippen molar-refractivity contribution in [1.29, 1.82) is 0 Å². The van der Waals surface area contributed by atoms with Gasteiger partial charge in [0, 0.05) is 23.4 Å². The van der Waals surface area contributed by atoms with Crippen molar-refractivity contribution in [3.8, 4) is 10.6 Å². The van der Waals surface area contributed by atoms with Gasteiger partial charge >= 0.3 is 0 Å². The highest BCUT2D eigenvalue weighted by Gasteiger charge is 2.09. The quantitative estimate of drug-likeness (QED) is 0.424. The van der Waals surface area contributed by atoms with E-state index < -0.39 is 0 Å². The van der Waals surface area contributed by atoms with Gasteiger partial charge in [0.15, 0.2) is 0 Å². The van der Waals surface area contributed by atoms with Crippen molar-refractivity contribution in [2.75, 3.05) is 17.2 Å². The van der Waals surface area contributed by atoms with Crippen LogP contribution in [0.2, 0.25) is 0 Å². The topological polar surface area (TPSA) is 66.9 Å². The summed E-state index contributed by atoms with van der Waals surface area (Å²) in [6.07, 6.45) is 0.936. The molecule has 0 aliphatic rings. The average Bonchev–Trinajstić information content (AvgIpc) is 3.24. The Balaban J connectivity index is 1.33. The van der Waals surface area contributed by atoms with Crippen molar-refractivity contribution in [2.45, 2.75) is 13.3 Å². The predicted octanol–water partition coefficient (Wildman–Crippen LogP) is 5.42. The SMILES string of the molecule is Cc1ccc(C(=O)Nc2ccc(-c3nnc(NCCc4ccccc4)s3)cc2)cc1. The number of amides is 1. The van der Waals surface area contributed by atoms with Crippen LogP contribution in [0, 0.1) is 6.92 Å². The predicted molar refractivity (Wildman–Crippen MR) is 123 cm³/mol. The number of aromatic nitrogens is 2. The Morgan fingerprint density at radius 1 is 0.900 bits per heavy atom. The fraction of sp³-hybridized carbons (Fsp3) is 0.125. The summed E-state index contributed by atoms with van der Waals surface area (Å²) in [6, 6.07) is 25.5. The molecule has 0 saturated heterocycles. The third kappa shape index (κ3) is 5.10. The third-order valence-corrected chi connectivity index (χ3v) is 5.59. The van der Waals surface area contributed by atoms with Crippen molar-refractivity contribution < 1.29 is 4.79 Å². The number of carbonyl (C=O) groups is 1. The van der Waals surface area contributed by atoms with Gasteiger partial charge in [-0.1, -0.05) is 59.4 Å². The largest absolute Gasteiger partial charge is 0.360 e. The number of rotatable bonds is 7. The molecule has 1 aromatic heterocycles. The lowest BCUT2D eigenvalue weighted by molar-refractivity contribution is 0.102. The maximum absolute atomic E-state index is 12.3. The van der Waals surface area contributed by atoms with Gasteiger partial charge in [0.25, 0.3) is 5.91 Å². The molecule has 0 aliphatic heterocycles. The Morgan fingerprint density at radius 2 is 1.63 bits per heavy atom. The van der Waals surface area contributed by atoms with E-state index in [0.717, 1.165) is 39.9 Å². The smallest absolute Gasteiger partial charge is 0.255 e. The molecule has 0 spiro atoms. The molecule has 0 saturated carbocycles. The Kier molecular flexibility index (Phi) is 6.15. The minimum absolute atomic E-state index is 0.122. The van der Waals surface area contributed by atoms with E-state index in [9.17, 15) is 4.79 Å². The zero-order valence-corrected chi connectivity index (χ0v) is 17.4. The number of benzene rings is 3. The van der Waals surface area contributed by atoms with Crippen LogP contribution in [-0.4, -0.2) is 22.6 Å². The van der Waals surface area contributed by atoms with Crippen molar-refractivity contribution in [3.63, 3.8) is 0 Å². The summed E-state index contributed by atoms with van der Waals surface area (Å²) < 4.78 is 0. The molecule has 150 valence electrons. The van der Waals surface area contributed by atoms with E-state index in [1.54, 1.807) is 0 Å². The monoisotopic (exact) mass is 414 g/mol. The molecular formula is C24H22N4OS. The van der Waals surface area contributed by atoms with Crippen molar-refractivity contribution in [2.24, 2.45) is 0 Å². The molecule has 4 rings (SSSR count). The number of anilines is 2. The Labute approximate surface area is 179 Å². The Hall–Kier alpha value is -3.51. The second-order valence-electron chi connectivity index (χ2n) is 6.97. The van der Waals surface area contributed by atoms with Gasteiger partial charge in [0.1, 0.15) is 5.01 Å². The molecule has 1 heterocycles. The van der Waals surface area contributed by atoms with Crippen LogP contribution >= 0.6 is 11.3 Å². The lowest BCUT2D eigenvalue weighted by Gasteiger charge is -2.06. The third-order valence-electron chi connectivity index (χ3n) is 4.66. The number of hydrogen-bond acceptors (Lipinski definition) is 5. The summed E-state index contributed by atoms with van der Waals surface area (Å²) >= 11 is 1.52. The van der Waals surface area contributed by atoms with E-state index in [4.69, 9.17) is 0 Å². The molecule has 3 aromatic carbocycles. The van der Waals surface area contributed by atoms with Gasteiger partial charge < -0.3 is 10.6 Å². The number of nitrogens with zero attached hydrogens (tertiary/aromatic N) is 2. The molecule has 1 amide bonds. The molecule has 0 bridgehead atoms. The van der Waals surface area contributed by atoms with Gasteiger partial charge in [-0.15, -0.1) is 10.2 Å². The van der Waals surface area contributed by atoms with Crippen LogP contribution in [0.3, 0.4) is 0 Å². The molecule has 0 atom stereocenters. The molecule has 4 aromatic rings. The minimum Gasteiger partial charge on any atom is -0.360 e. The molecule has 0 aliphatic carbocycles. The van der Waals surface area contributed by atoms with Crippen LogP contribution in [0.5, 0.6) is 0 Å². The molecule has 0 radical (unpaired) electrons. The van der Waals surface area contributed by atoms with Gasteiger partial charge in [-0.3, -0.25) is 4.79 Å². The highest BCUT2D eigenvalue weighted by Crippen LogP contribution is 2.27. The van der Waals surface area contributed by atoms with Crippen LogP contribution in [0.1, 0.15) is 21.5 Å². The summed E-state index contributed by atoms with van der Waals surface area (Å²) in [7, 11) is 0. The maximum Gasteiger partial charge on any atom is 0.255 e. The Morgan fingerprint density at radius 3 is 2.37 bits per heavy atom. The van der Waals surface area contributed by atoms with Crippen molar-refractivity contribution >= 4 is 28.1 Å². The molecule has 30 heavy (non-hydrogen) atoms. The van der Waals surface area contributed by atoms with E-state index in [1.807, 2.05) is 73.7 Å². The van der Waals surface area contributed by atoms with E-state index in [-0.39, 0.29) is 5.91 Å². The van der Waals surface area contributed by atoms with Gasteiger partial charge in [-0.05, 0) is 55.3 Å². The van der Waals surface area contributed by atoms with E-state index in [1.165, 1.54) is 16.9 Å². The molecular weight excluding hydrogens is 392 g/mol. The highest BCUT2D eigenvalue weighted by atomic mass is 32.1. The lowest BCUT2D eigenvalue weighted by Crippen LogP contribution is -2.11. The van der Waals surface area contributed by atoms with Crippen LogP contribution in [0.25, 0.3) is 10.6 Å². The number of nitrogens with one attached hydrogen (secondary N) is 2. The fourth-order valence-electron chi connectivity index (χ4n) is 2.97. The number of carbonyl (C=O) groups excluding carboxylic acids is 1. The van der Waals surface area contributed by atoms with Gasteiger partial charge in [-0.25, -0.2) is 0 Å². The van der Waals surface area contributed by atoms with Gasteiger partial charge in [-0.2, -0.15) is 0 Å². The second kappa shape index (κ2) is 9.33. The first-order valence-electron chi connectivity index (χ1n) is 9.77. The minimum atomic E-state index is -0.122. The van der Waals surface area contributed by atoms with Crippen LogP contribution in [0.4, 0.5) is 10.8 Å². The highest BCUT2D eigenvalue weighted by molar-refractivity contribution is 7.18. The summed E-state index contributed by atoms with van der Waals surface area (Å²) in [5.41, 5.74) is 4.77. The van der Waals surface area contributed by atoms with Crippen LogP contribution in [-0.2, 0) is 6.42 Å². The maximum atomic E-state index is 12.3. The standard InChI is InChI=1S/C24H22N4OS/c1-17-7-9-19(10-8-17)22(29)26-21-13-11-20(12-14-21)23-27-28-24(30-23)25-16-15-18-5-3-2-4-6-18/h2-14H,15-16H2,1H3,(H,25,28)(H,26,29). The summed E-state index contributed by atoms with van der Waals surface area (Å²) in [4.78, 5) is 12.3. The summed E-state index contributed by atoms with van der Waals surface area (Å²) in [5, 5.41) is 16.4. The lowest BCUT2D eigenvalue weighted by atomic mass is 10.1. The normalized spacial score (nSPS) is 10.6. The fourth-order valence-corrected chi connectivity index (χ4v) is 3.75. The Bertz CT molecular complexity index is 1110. The van der Waals surface area contributed by atoms with Crippen LogP contribution < -0.4 is 10.6 Å². The second-order valence-corrected chi connectivity index (χ2v) is 7.95. The molecule has 0 unspecified atom stereocenters. The average molecular weight is 415 g/mol. The summed E-state index contributed by atoms with van der Waals surface area (Å²) in [5.74, 6) is -0.122. The number of hydrogen-bond donors (Lipinski definition) is 2. The molecule has 6 heteroatoms. The first kappa shape index (κ1) is 19.8. The van der Waals surface area contributed by atoms with E-state index in [0.29, 0.717) is 5.56 Å². The molecule has 0 fully saturated rings. The zero-order valence-electron chi connectivity index (χ0n) is 16.6. The zero-order chi connectivity index (χ0) is 20.8.